The molecule has 0 aliphatic rings. The molecule has 0 fully saturated rings. The molecule has 0 aromatic heterocycles. The number of ether oxygens (including phenoxy) is 2. The van der Waals surface area contributed by atoms with Crippen LogP contribution < -0.4 is 0 Å². The third kappa shape index (κ3) is 6.44. The summed E-state index contributed by atoms with van der Waals surface area (Å²) in [6, 6.07) is 0. The first-order valence-corrected chi connectivity index (χ1v) is 5.43. The Balaban J connectivity index is 4.10. The zero-order valence-corrected chi connectivity index (χ0v) is 10.1. The third-order valence-electron chi connectivity index (χ3n) is 2.02. The quantitative estimate of drug-likeness (QED) is 0.384. The fraction of sp³-hybridized carbons (Fsp3) is 1.00. The van der Waals surface area contributed by atoms with Crippen LogP contribution in [-0.2, 0) is 9.47 Å². The summed E-state index contributed by atoms with van der Waals surface area (Å²) in [5.74, 6) is -4.62. The maximum Gasteiger partial charge on any atom is 0.425 e. The molecule has 0 aromatic rings. The molecule has 0 aliphatic carbocycles. The molecule has 0 heterocycles. The largest absolute Gasteiger partial charge is 0.425 e. The molecule has 0 saturated heterocycles. The zero-order chi connectivity index (χ0) is 14.4. The van der Waals surface area contributed by atoms with Crippen molar-refractivity contribution in [2.24, 2.45) is 0 Å². The Morgan fingerprint density at radius 2 is 1.61 bits per heavy atom. The molecule has 0 bridgehead atoms. The predicted molar refractivity (Wildman–Crippen MR) is 52.2 cm³/mol. The highest BCUT2D eigenvalue weighted by Crippen LogP contribution is 2.35. The maximum atomic E-state index is 12.8. The van der Waals surface area contributed by atoms with Gasteiger partial charge in [0.05, 0.1) is 0 Å². The van der Waals surface area contributed by atoms with Crippen LogP contribution in [0.4, 0.5) is 26.3 Å². The Hall–Kier alpha value is -0.500. The predicted octanol–water partition coefficient (Wildman–Crippen LogP) is 3.70. The molecule has 0 amide bonds. The summed E-state index contributed by atoms with van der Waals surface area (Å²) in [4.78, 5) is 0. The summed E-state index contributed by atoms with van der Waals surface area (Å²) in [5.41, 5.74) is 0. The molecule has 110 valence electrons. The SMILES string of the molecule is CCCCO[C@@H](C)OCC(F)(F)[C@H](F)C(F)(F)F. The summed E-state index contributed by atoms with van der Waals surface area (Å²) < 4.78 is 82.6. The molecule has 2 atom stereocenters. The third-order valence-corrected chi connectivity index (χ3v) is 2.02. The fourth-order valence-corrected chi connectivity index (χ4v) is 0.983. The lowest BCUT2D eigenvalue weighted by atomic mass is 10.2. The molecule has 0 N–H and O–H groups in total. The summed E-state index contributed by atoms with van der Waals surface area (Å²) in [6.07, 6.45) is -9.49. The average molecular weight is 282 g/mol. The highest BCUT2D eigenvalue weighted by Gasteiger charge is 2.57. The van der Waals surface area contributed by atoms with Crippen molar-refractivity contribution in [2.45, 2.75) is 51.2 Å². The van der Waals surface area contributed by atoms with Crippen molar-refractivity contribution < 1.29 is 35.8 Å². The van der Waals surface area contributed by atoms with Crippen LogP contribution in [0.1, 0.15) is 26.7 Å². The second-order valence-electron chi connectivity index (χ2n) is 3.77. The van der Waals surface area contributed by atoms with Gasteiger partial charge in [-0.1, -0.05) is 13.3 Å². The topological polar surface area (TPSA) is 18.5 Å². The summed E-state index contributed by atoms with van der Waals surface area (Å²) >= 11 is 0. The average Bonchev–Trinajstić information content (AvgIpc) is 2.24. The van der Waals surface area contributed by atoms with E-state index in [4.69, 9.17) is 4.74 Å². The van der Waals surface area contributed by atoms with Crippen LogP contribution in [0.15, 0.2) is 0 Å². The highest BCUT2D eigenvalue weighted by atomic mass is 19.4. The van der Waals surface area contributed by atoms with E-state index in [1.54, 1.807) is 0 Å². The number of hydrogen-bond donors (Lipinski definition) is 0. The van der Waals surface area contributed by atoms with Crippen LogP contribution in [0.3, 0.4) is 0 Å². The van der Waals surface area contributed by atoms with Crippen LogP contribution in [0.2, 0.25) is 0 Å². The summed E-state index contributed by atoms with van der Waals surface area (Å²) in [6.45, 7) is 1.69. The lowest BCUT2D eigenvalue weighted by Gasteiger charge is -2.24. The molecular weight excluding hydrogens is 266 g/mol. The van der Waals surface area contributed by atoms with Crippen LogP contribution in [0.5, 0.6) is 0 Å². The molecular formula is C10H16F6O2. The van der Waals surface area contributed by atoms with E-state index in [1.165, 1.54) is 6.92 Å². The molecule has 0 rings (SSSR count). The van der Waals surface area contributed by atoms with Crippen molar-refractivity contribution in [3.8, 4) is 0 Å². The van der Waals surface area contributed by atoms with E-state index in [0.29, 0.717) is 6.42 Å². The van der Waals surface area contributed by atoms with Gasteiger partial charge in [-0.3, -0.25) is 0 Å². The van der Waals surface area contributed by atoms with Crippen LogP contribution in [0, 0.1) is 0 Å². The van der Waals surface area contributed by atoms with Crippen molar-refractivity contribution >= 4 is 0 Å². The molecule has 0 radical (unpaired) electrons. The number of alkyl halides is 6. The minimum Gasteiger partial charge on any atom is -0.353 e. The first kappa shape index (κ1) is 17.5. The van der Waals surface area contributed by atoms with Gasteiger partial charge in [-0.05, 0) is 13.3 Å². The molecule has 18 heavy (non-hydrogen) atoms. The van der Waals surface area contributed by atoms with E-state index in [-0.39, 0.29) is 6.61 Å². The Kier molecular flexibility index (Phi) is 6.98. The van der Waals surface area contributed by atoms with Gasteiger partial charge in [0.15, 0.2) is 6.29 Å². The van der Waals surface area contributed by atoms with Gasteiger partial charge in [0.1, 0.15) is 6.61 Å². The van der Waals surface area contributed by atoms with Gasteiger partial charge in [-0.2, -0.15) is 13.2 Å². The van der Waals surface area contributed by atoms with E-state index in [0.717, 1.165) is 6.42 Å². The smallest absolute Gasteiger partial charge is 0.353 e. The Morgan fingerprint density at radius 1 is 1.06 bits per heavy atom. The van der Waals surface area contributed by atoms with E-state index in [9.17, 15) is 26.3 Å². The molecule has 0 saturated carbocycles. The minimum atomic E-state index is -5.61. The molecule has 8 heteroatoms. The monoisotopic (exact) mass is 282 g/mol. The van der Waals surface area contributed by atoms with Crippen molar-refractivity contribution in [1.82, 2.24) is 0 Å². The molecule has 0 aromatic carbocycles. The van der Waals surface area contributed by atoms with Gasteiger partial charge >= 0.3 is 12.1 Å². The Labute approximate surface area is 101 Å². The van der Waals surface area contributed by atoms with Crippen molar-refractivity contribution in [1.29, 1.82) is 0 Å². The van der Waals surface area contributed by atoms with Gasteiger partial charge in [0.25, 0.3) is 6.17 Å². The van der Waals surface area contributed by atoms with Gasteiger partial charge in [0, 0.05) is 6.61 Å². The number of halogens is 6. The van der Waals surface area contributed by atoms with Crippen LogP contribution in [-0.4, -0.2) is 37.8 Å². The zero-order valence-electron chi connectivity index (χ0n) is 10.1. The Morgan fingerprint density at radius 3 is 2.06 bits per heavy atom. The second kappa shape index (κ2) is 7.18. The van der Waals surface area contributed by atoms with E-state index < -0.39 is 31.2 Å². The highest BCUT2D eigenvalue weighted by molar-refractivity contribution is 4.82. The van der Waals surface area contributed by atoms with E-state index in [2.05, 4.69) is 4.74 Å². The summed E-state index contributed by atoms with van der Waals surface area (Å²) in [5, 5.41) is 0. The van der Waals surface area contributed by atoms with Gasteiger partial charge in [-0.25, -0.2) is 13.2 Å². The van der Waals surface area contributed by atoms with Crippen molar-refractivity contribution in [2.75, 3.05) is 13.2 Å². The van der Waals surface area contributed by atoms with Crippen LogP contribution >= 0.6 is 0 Å². The number of rotatable bonds is 8. The minimum absolute atomic E-state index is 0.238. The fourth-order valence-electron chi connectivity index (χ4n) is 0.983. The maximum absolute atomic E-state index is 12.8. The molecule has 0 spiro atoms. The lowest BCUT2D eigenvalue weighted by molar-refractivity contribution is -0.268. The summed E-state index contributed by atoms with van der Waals surface area (Å²) in [7, 11) is 0. The normalized spacial score (nSPS) is 16.7. The molecule has 2 nitrogen and oxygen atoms in total. The lowest BCUT2D eigenvalue weighted by Crippen LogP contribution is -2.45. The number of hydrogen-bond acceptors (Lipinski definition) is 2. The van der Waals surface area contributed by atoms with E-state index >= 15 is 0 Å². The standard InChI is InChI=1S/C10H16F6O2/c1-3-4-5-17-7(2)18-6-9(12,13)8(11)10(14,15)16/h7-8H,3-6H2,1-2H3/t7-,8+/m1/s1. The van der Waals surface area contributed by atoms with Gasteiger partial charge in [0.2, 0.25) is 0 Å². The van der Waals surface area contributed by atoms with Crippen LogP contribution in [0.25, 0.3) is 0 Å². The van der Waals surface area contributed by atoms with Gasteiger partial charge < -0.3 is 9.47 Å². The second-order valence-corrected chi connectivity index (χ2v) is 3.77. The molecule has 0 unspecified atom stereocenters. The number of unbranched alkanes of at least 4 members (excludes halogenated alkanes) is 1. The van der Waals surface area contributed by atoms with E-state index in [1.807, 2.05) is 6.92 Å². The van der Waals surface area contributed by atoms with Crippen molar-refractivity contribution in [3.63, 3.8) is 0 Å². The van der Waals surface area contributed by atoms with Gasteiger partial charge in [-0.15, -0.1) is 0 Å². The molecule has 0 aliphatic heterocycles. The Bertz CT molecular complexity index is 231. The first-order valence-electron chi connectivity index (χ1n) is 5.43. The van der Waals surface area contributed by atoms with Crippen molar-refractivity contribution in [3.05, 3.63) is 0 Å². The first-order chi connectivity index (χ1) is 8.11.